The highest BCUT2D eigenvalue weighted by molar-refractivity contribution is 4.97. The summed E-state index contributed by atoms with van der Waals surface area (Å²) in [4.78, 5) is 5.12. The molecule has 2 rings (SSSR count). The van der Waals surface area contributed by atoms with Crippen molar-refractivity contribution in [3.63, 3.8) is 0 Å². The Hall–Kier alpha value is -0.120. The molecule has 2 fully saturated rings. The maximum atomic E-state index is 3.47. The van der Waals surface area contributed by atoms with E-state index in [1.54, 1.807) is 0 Å². The van der Waals surface area contributed by atoms with E-state index in [0.717, 1.165) is 19.1 Å². The number of piperazine rings is 2. The molecule has 2 saturated heterocycles. The molecule has 0 amide bonds. The lowest BCUT2D eigenvalue weighted by molar-refractivity contribution is -0.0274. The zero-order chi connectivity index (χ0) is 9.47. The molecule has 0 saturated carbocycles. The van der Waals surface area contributed by atoms with Crippen LogP contribution in [-0.4, -0.2) is 61.2 Å². The second kappa shape index (κ2) is 3.23. The van der Waals surface area contributed by atoms with Crippen LogP contribution in [-0.2, 0) is 0 Å². The molecule has 1 atom stereocenters. The summed E-state index contributed by atoms with van der Waals surface area (Å²) in [6, 6.07) is 0.725. The van der Waals surface area contributed by atoms with Crippen molar-refractivity contribution in [2.24, 2.45) is 0 Å². The van der Waals surface area contributed by atoms with Gasteiger partial charge in [0.1, 0.15) is 0 Å². The van der Waals surface area contributed by atoms with E-state index in [9.17, 15) is 0 Å². The summed E-state index contributed by atoms with van der Waals surface area (Å²) in [7, 11) is 2.23. The van der Waals surface area contributed by atoms with Crippen molar-refractivity contribution in [1.82, 2.24) is 15.1 Å². The van der Waals surface area contributed by atoms with E-state index < -0.39 is 0 Å². The summed E-state index contributed by atoms with van der Waals surface area (Å²) in [5.41, 5.74) is 0.361. The normalized spacial score (nSPS) is 35.8. The van der Waals surface area contributed by atoms with Gasteiger partial charge in [0, 0.05) is 44.3 Å². The summed E-state index contributed by atoms with van der Waals surface area (Å²) in [6.07, 6.45) is 0. The van der Waals surface area contributed by atoms with Gasteiger partial charge in [-0.05, 0) is 20.9 Å². The lowest BCUT2D eigenvalue weighted by atomic mass is 9.94. The molecular weight excluding hydrogens is 162 g/mol. The van der Waals surface area contributed by atoms with Crippen LogP contribution in [0.5, 0.6) is 0 Å². The Balaban J connectivity index is 2.12. The molecule has 0 aromatic rings. The van der Waals surface area contributed by atoms with E-state index >= 15 is 0 Å². The van der Waals surface area contributed by atoms with Crippen LogP contribution in [0, 0.1) is 0 Å². The fourth-order valence-corrected chi connectivity index (χ4v) is 2.90. The number of nitrogens with one attached hydrogen (secondary N) is 1. The van der Waals surface area contributed by atoms with Gasteiger partial charge in [0.15, 0.2) is 0 Å². The van der Waals surface area contributed by atoms with Crippen LogP contribution in [0.2, 0.25) is 0 Å². The second-order valence-corrected chi connectivity index (χ2v) is 5.06. The highest BCUT2D eigenvalue weighted by Gasteiger charge is 2.39. The third kappa shape index (κ3) is 1.73. The molecule has 0 aromatic heterocycles. The van der Waals surface area contributed by atoms with Crippen molar-refractivity contribution in [1.29, 1.82) is 0 Å². The van der Waals surface area contributed by atoms with Crippen LogP contribution in [0.15, 0.2) is 0 Å². The average Bonchev–Trinajstić information content (AvgIpc) is 2.02. The van der Waals surface area contributed by atoms with Crippen LogP contribution >= 0.6 is 0 Å². The fourth-order valence-electron chi connectivity index (χ4n) is 2.90. The smallest absolute Gasteiger partial charge is 0.0354 e. The molecule has 3 nitrogen and oxygen atoms in total. The van der Waals surface area contributed by atoms with Gasteiger partial charge in [-0.2, -0.15) is 0 Å². The Morgan fingerprint density at radius 2 is 2.15 bits per heavy atom. The predicted molar refractivity (Wildman–Crippen MR) is 54.9 cm³/mol. The third-order valence-electron chi connectivity index (χ3n) is 3.31. The van der Waals surface area contributed by atoms with Crippen LogP contribution in [0.4, 0.5) is 0 Å². The molecule has 2 heterocycles. The van der Waals surface area contributed by atoms with E-state index in [0.29, 0.717) is 5.54 Å². The quantitative estimate of drug-likeness (QED) is 0.569. The molecule has 1 unspecified atom stereocenters. The Morgan fingerprint density at radius 1 is 1.38 bits per heavy atom. The molecule has 0 bridgehead atoms. The molecule has 0 aromatic carbocycles. The highest BCUT2D eigenvalue weighted by Crippen LogP contribution is 2.24. The average molecular weight is 183 g/mol. The maximum Gasteiger partial charge on any atom is 0.0354 e. The SMILES string of the molecule is CN1CC2CNCCN2C(C)(C)C1. The van der Waals surface area contributed by atoms with Gasteiger partial charge in [-0.15, -0.1) is 0 Å². The van der Waals surface area contributed by atoms with Crippen molar-refractivity contribution < 1.29 is 0 Å². The zero-order valence-electron chi connectivity index (χ0n) is 9.01. The number of nitrogens with zero attached hydrogens (tertiary/aromatic N) is 2. The predicted octanol–water partition coefficient (Wildman–Crippen LogP) is -0.0158. The van der Waals surface area contributed by atoms with E-state index in [4.69, 9.17) is 0 Å². The standard InChI is InChI=1S/C10H21N3/c1-10(2)8-12(3)7-9-6-11-4-5-13(9)10/h9,11H,4-8H2,1-3H3. The van der Waals surface area contributed by atoms with Crippen LogP contribution in [0.25, 0.3) is 0 Å². The summed E-state index contributed by atoms with van der Waals surface area (Å²) in [6.45, 7) is 10.7. The van der Waals surface area contributed by atoms with Gasteiger partial charge in [-0.3, -0.25) is 4.90 Å². The topological polar surface area (TPSA) is 18.5 Å². The zero-order valence-corrected chi connectivity index (χ0v) is 9.01. The summed E-state index contributed by atoms with van der Waals surface area (Å²) >= 11 is 0. The molecule has 76 valence electrons. The van der Waals surface area contributed by atoms with Gasteiger partial charge in [0.25, 0.3) is 0 Å². The summed E-state index contributed by atoms with van der Waals surface area (Å²) in [5.74, 6) is 0. The molecule has 0 aliphatic carbocycles. The largest absolute Gasteiger partial charge is 0.314 e. The van der Waals surface area contributed by atoms with E-state index in [1.165, 1.54) is 19.6 Å². The molecule has 2 aliphatic heterocycles. The first-order valence-electron chi connectivity index (χ1n) is 5.25. The minimum absolute atomic E-state index is 0.361. The Bertz CT molecular complexity index is 191. The van der Waals surface area contributed by atoms with Gasteiger partial charge in [0.05, 0.1) is 0 Å². The highest BCUT2D eigenvalue weighted by atomic mass is 15.3. The van der Waals surface area contributed by atoms with Crippen molar-refractivity contribution in [2.75, 3.05) is 39.8 Å². The van der Waals surface area contributed by atoms with Crippen molar-refractivity contribution >= 4 is 0 Å². The Morgan fingerprint density at radius 3 is 2.92 bits per heavy atom. The number of likely N-dealkylation sites (N-methyl/N-ethyl adjacent to an activating group) is 1. The van der Waals surface area contributed by atoms with Crippen molar-refractivity contribution in [3.05, 3.63) is 0 Å². The van der Waals surface area contributed by atoms with E-state index in [2.05, 4.69) is 36.0 Å². The van der Waals surface area contributed by atoms with Gasteiger partial charge < -0.3 is 10.2 Å². The number of hydrogen-bond donors (Lipinski definition) is 1. The summed E-state index contributed by atoms with van der Waals surface area (Å²) in [5, 5.41) is 3.47. The lowest BCUT2D eigenvalue weighted by Crippen LogP contribution is -2.68. The van der Waals surface area contributed by atoms with Crippen molar-refractivity contribution in [2.45, 2.75) is 25.4 Å². The first-order valence-corrected chi connectivity index (χ1v) is 5.25. The Labute approximate surface area is 81.1 Å². The minimum Gasteiger partial charge on any atom is -0.314 e. The first-order chi connectivity index (χ1) is 6.09. The molecule has 0 radical (unpaired) electrons. The molecule has 13 heavy (non-hydrogen) atoms. The molecule has 0 spiro atoms. The number of rotatable bonds is 0. The molecule has 1 N–H and O–H groups in total. The molecule has 3 heteroatoms. The third-order valence-corrected chi connectivity index (χ3v) is 3.31. The molecular formula is C10H21N3. The number of fused-ring (bicyclic) bond motifs is 1. The van der Waals surface area contributed by atoms with Gasteiger partial charge >= 0.3 is 0 Å². The summed E-state index contributed by atoms with van der Waals surface area (Å²) < 4.78 is 0. The van der Waals surface area contributed by atoms with Crippen LogP contribution in [0.3, 0.4) is 0 Å². The fraction of sp³-hybridized carbons (Fsp3) is 1.00. The van der Waals surface area contributed by atoms with E-state index in [1.807, 2.05) is 0 Å². The van der Waals surface area contributed by atoms with Gasteiger partial charge in [0.2, 0.25) is 0 Å². The molecule has 2 aliphatic rings. The van der Waals surface area contributed by atoms with E-state index in [-0.39, 0.29) is 0 Å². The first kappa shape index (κ1) is 9.44. The minimum atomic E-state index is 0.361. The van der Waals surface area contributed by atoms with Gasteiger partial charge in [-0.1, -0.05) is 0 Å². The van der Waals surface area contributed by atoms with Crippen LogP contribution < -0.4 is 5.32 Å². The lowest BCUT2D eigenvalue weighted by Gasteiger charge is -2.53. The van der Waals surface area contributed by atoms with Crippen molar-refractivity contribution in [3.8, 4) is 0 Å². The van der Waals surface area contributed by atoms with Crippen LogP contribution in [0.1, 0.15) is 13.8 Å². The second-order valence-electron chi connectivity index (χ2n) is 5.06. The maximum absolute atomic E-state index is 3.47. The van der Waals surface area contributed by atoms with Gasteiger partial charge in [-0.25, -0.2) is 0 Å². The Kier molecular flexibility index (Phi) is 2.34. The number of hydrogen-bond acceptors (Lipinski definition) is 3. The monoisotopic (exact) mass is 183 g/mol.